The second-order valence-corrected chi connectivity index (χ2v) is 5.15. The molecule has 0 aromatic heterocycles. The van der Waals surface area contributed by atoms with Crippen molar-refractivity contribution < 1.29 is 4.79 Å². The molecule has 1 N–H and O–H groups in total. The molecule has 96 valence electrons. The van der Waals surface area contributed by atoms with Gasteiger partial charge in [0, 0.05) is 6.54 Å². The number of nitrogens with one attached hydrogen (secondary N) is 1. The van der Waals surface area contributed by atoms with E-state index in [2.05, 4.69) is 54.7 Å². The van der Waals surface area contributed by atoms with Crippen LogP contribution in [0.25, 0.3) is 0 Å². The van der Waals surface area contributed by atoms with Crippen molar-refractivity contribution in [3.8, 4) is 0 Å². The number of rotatable bonds is 3. The lowest BCUT2D eigenvalue weighted by atomic mass is 9.94. The molecule has 0 amide bonds. The molecule has 2 nitrogen and oxygen atoms in total. The van der Waals surface area contributed by atoms with Crippen molar-refractivity contribution in [2.24, 2.45) is 0 Å². The summed E-state index contributed by atoms with van der Waals surface area (Å²) in [5, 5.41) is 3.24. The topological polar surface area (TPSA) is 29.1 Å². The van der Waals surface area contributed by atoms with Crippen LogP contribution in [0.3, 0.4) is 0 Å². The van der Waals surface area contributed by atoms with Crippen LogP contribution in [0.15, 0.2) is 42.5 Å². The lowest BCUT2D eigenvalue weighted by Gasteiger charge is -2.11. The Morgan fingerprint density at radius 3 is 2.89 bits per heavy atom. The van der Waals surface area contributed by atoms with Gasteiger partial charge in [-0.2, -0.15) is 0 Å². The Morgan fingerprint density at radius 1 is 1.26 bits per heavy atom. The number of hydrogen-bond acceptors (Lipinski definition) is 2. The number of aryl methyl sites for hydroxylation is 1. The van der Waals surface area contributed by atoms with Gasteiger partial charge in [-0.1, -0.05) is 48.0 Å². The first-order chi connectivity index (χ1) is 9.28. The summed E-state index contributed by atoms with van der Waals surface area (Å²) in [6.07, 6.45) is 1.89. The normalized spacial score (nSPS) is 17.2. The lowest BCUT2D eigenvalue weighted by Crippen LogP contribution is -2.14. The van der Waals surface area contributed by atoms with Gasteiger partial charge in [-0.15, -0.1) is 0 Å². The summed E-state index contributed by atoms with van der Waals surface area (Å²) in [4.78, 5) is 11.2. The molecule has 0 saturated carbocycles. The molecular weight excluding hydrogens is 234 g/mol. The third-order valence-corrected chi connectivity index (χ3v) is 3.72. The molecule has 2 aromatic carbocycles. The minimum Gasteiger partial charge on any atom is -0.301 e. The van der Waals surface area contributed by atoms with Crippen molar-refractivity contribution >= 4 is 6.29 Å². The summed E-state index contributed by atoms with van der Waals surface area (Å²) < 4.78 is 0. The molecule has 3 rings (SSSR count). The summed E-state index contributed by atoms with van der Waals surface area (Å²) in [6.45, 7) is 2.90. The van der Waals surface area contributed by atoms with Crippen LogP contribution in [-0.2, 0) is 17.8 Å². The van der Waals surface area contributed by atoms with E-state index < -0.39 is 0 Å². The zero-order chi connectivity index (χ0) is 13.2. The van der Waals surface area contributed by atoms with Gasteiger partial charge in [-0.3, -0.25) is 5.32 Å². The zero-order valence-corrected chi connectivity index (χ0v) is 11.0. The molecule has 1 heterocycles. The smallest absolute Gasteiger partial charge is 0.141 e. The van der Waals surface area contributed by atoms with Crippen LogP contribution in [0.1, 0.15) is 33.9 Å². The van der Waals surface area contributed by atoms with Gasteiger partial charge < -0.3 is 4.79 Å². The molecule has 0 spiro atoms. The van der Waals surface area contributed by atoms with Gasteiger partial charge in [0.2, 0.25) is 0 Å². The number of hydrogen-bond donors (Lipinski definition) is 1. The highest BCUT2D eigenvalue weighted by Crippen LogP contribution is 2.29. The molecule has 0 aliphatic carbocycles. The van der Waals surface area contributed by atoms with E-state index in [1.54, 1.807) is 0 Å². The Kier molecular flexibility index (Phi) is 3.18. The highest BCUT2D eigenvalue weighted by Gasteiger charge is 2.23. The summed E-state index contributed by atoms with van der Waals surface area (Å²) in [6, 6.07) is 14.7. The first-order valence-electron chi connectivity index (χ1n) is 6.63. The van der Waals surface area contributed by atoms with E-state index in [4.69, 9.17) is 0 Å². The second-order valence-electron chi connectivity index (χ2n) is 5.15. The average molecular weight is 251 g/mol. The van der Waals surface area contributed by atoms with Gasteiger partial charge in [0.05, 0.1) is 6.04 Å². The molecule has 0 radical (unpaired) electrons. The Labute approximate surface area is 113 Å². The molecule has 2 aromatic rings. The van der Waals surface area contributed by atoms with E-state index >= 15 is 0 Å². The standard InChI is InChI=1S/C17H17NO/c1-12-4-2-5-13(8-12)9-14-6-3-7-15-10-18-16(11-19)17(14)15/h2-8,11,16,18H,9-10H2,1H3. The number of fused-ring (bicyclic) bond motifs is 1. The van der Waals surface area contributed by atoms with E-state index in [0.717, 1.165) is 19.3 Å². The maximum atomic E-state index is 11.2. The molecule has 0 bridgehead atoms. The molecule has 1 atom stereocenters. The average Bonchev–Trinajstić information content (AvgIpc) is 2.83. The molecular formula is C17H17NO. The van der Waals surface area contributed by atoms with Gasteiger partial charge >= 0.3 is 0 Å². The quantitative estimate of drug-likeness (QED) is 0.850. The molecule has 19 heavy (non-hydrogen) atoms. The van der Waals surface area contributed by atoms with Crippen LogP contribution in [0.2, 0.25) is 0 Å². The SMILES string of the molecule is Cc1cccc(Cc2cccc3c2C(C=O)NC3)c1. The number of benzene rings is 2. The van der Waals surface area contributed by atoms with E-state index in [1.165, 1.54) is 27.8 Å². The third kappa shape index (κ3) is 2.32. The monoisotopic (exact) mass is 251 g/mol. The predicted molar refractivity (Wildman–Crippen MR) is 76.1 cm³/mol. The van der Waals surface area contributed by atoms with Crippen LogP contribution in [0, 0.1) is 6.92 Å². The summed E-state index contributed by atoms with van der Waals surface area (Å²) in [5.41, 5.74) is 6.26. The van der Waals surface area contributed by atoms with Crippen molar-refractivity contribution in [2.45, 2.75) is 25.9 Å². The van der Waals surface area contributed by atoms with Gasteiger partial charge in [0.15, 0.2) is 0 Å². The fourth-order valence-corrected chi connectivity index (χ4v) is 2.85. The zero-order valence-electron chi connectivity index (χ0n) is 11.0. The van der Waals surface area contributed by atoms with Crippen molar-refractivity contribution in [3.05, 3.63) is 70.3 Å². The molecule has 0 saturated heterocycles. The molecule has 1 unspecified atom stereocenters. The fourth-order valence-electron chi connectivity index (χ4n) is 2.85. The van der Waals surface area contributed by atoms with E-state index in [1.807, 2.05) is 0 Å². The summed E-state index contributed by atoms with van der Waals surface area (Å²) in [5.74, 6) is 0. The highest BCUT2D eigenvalue weighted by molar-refractivity contribution is 5.66. The highest BCUT2D eigenvalue weighted by atomic mass is 16.1. The third-order valence-electron chi connectivity index (χ3n) is 3.72. The summed E-state index contributed by atoms with van der Waals surface area (Å²) in [7, 11) is 0. The minimum absolute atomic E-state index is 0.143. The van der Waals surface area contributed by atoms with Crippen molar-refractivity contribution in [1.29, 1.82) is 0 Å². The Morgan fingerprint density at radius 2 is 2.11 bits per heavy atom. The van der Waals surface area contributed by atoms with Crippen LogP contribution in [0.4, 0.5) is 0 Å². The minimum atomic E-state index is -0.143. The van der Waals surface area contributed by atoms with Crippen LogP contribution in [0.5, 0.6) is 0 Å². The number of aldehydes is 1. The molecule has 0 fully saturated rings. The number of carbonyl (C=O) groups excluding carboxylic acids is 1. The van der Waals surface area contributed by atoms with Crippen LogP contribution in [-0.4, -0.2) is 6.29 Å². The van der Waals surface area contributed by atoms with Crippen LogP contribution >= 0.6 is 0 Å². The Hall–Kier alpha value is -1.93. The van der Waals surface area contributed by atoms with Gasteiger partial charge in [-0.25, -0.2) is 0 Å². The van der Waals surface area contributed by atoms with Crippen LogP contribution < -0.4 is 5.32 Å². The number of carbonyl (C=O) groups is 1. The van der Waals surface area contributed by atoms with Gasteiger partial charge in [-0.05, 0) is 35.6 Å². The Balaban J connectivity index is 1.98. The van der Waals surface area contributed by atoms with E-state index in [9.17, 15) is 4.79 Å². The van der Waals surface area contributed by atoms with Crippen molar-refractivity contribution in [3.63, 3.8) is 0 Å². The first-order valence-corrected chi connectivity index (χ1v) is 6.63. The fraction of sp³-hybridized carbons (Fsp3) is 0.235. The maximum Gasteiger partial charge on any atom is 0.141 e. The molecule has 1 aliphatic rings. The predicted octanol–water partition coefficient (Wildman–Crippen LogP) is 2.93. The van der Waals surface area contributed by atoms with E-state index in [-0.39, 0.29) is 6.04 Å². The summed E-state index contributed by atoms with van der Waals surface area (Å²) >= 11 is 0. The van der Waals surface area contributed by atoms with Crippen molar-refractivity contribution in [1.82, 2.24) is 5.32 Å². The van der Waals surface area contributed by atoms with E-state index in [0.29, 0.717) is 0 Å². The molecule has 1 aliphatic heterocycles. The first kappa shape index (κ1) is 12.1. The molecule has 2 heteroatoms. The van der Waals surface area contributed by atoms with Crippen molar-refractivity contribution in [2.75, 3.05) is 0 Å². The van der Waals surface area contributed by atoms with Gasteiger partial charge in [0.1, 0.15) is 6.29 Å². The maximum absolute atomic E-state index is 11.2. The lowest BCUT2D eigenvalue weighted by molar-refractivity contribution is -0.109. The second kappa shape index (κ2) is 4.98. The van der Waals surface area contributed by atoms with Gasteiger partial charge in [0.25, 0.3) is 0 Å². The largest absolute Gasteiger partial charge is 0.301 e. The Bertz CT molecular complexity index is 618.